The second-order valence-corrected chi connectivity index (χ2v) is 7.10. The molecule has 1 aromatic heterocycles. The van der Waals surface area contributed by atoms with Gasteiger partial charge in [0.2, 0.25) is 4.80 Å². The van der Waals surface area contributed by atoms with Gasteiger partial charge in [0.05, 0.1) is 6.61 Å². The number of nitrogens with zero attached hydrogens (tertiary/aromatic N) is 4. The van der Waals surface area contributed by atoms with Crippen LogP contribution in [0, 0.1) is 0 Å². The monoisotopic (exact) mass is 381 g/mol. The van der Waals surface area contributed by atoms with Gasteiger partial charge in [0.25, 0.3) is 5.56 Å². The Morgan fingerprint density at radius 2 is 1.92 bits per heavy atom. The first-order valence-electron chi connectivity index (χ1n) is 8.83. The third-order valence-corrected chi connectivity index (χ3v) is 5.27. The van der Waals surface area contributed by atoms with E-state index in [1.807, 2.05) is 13.8 Å². The van der Waals surface area contributed by atoms with Crippen LogP contribution in [-0.2, 0) is 9.53 Å². The summed E-state index contributed by atoms with van der Waals surface area (Å²) in [6.07, 6.45) is 1.90. The normalized spacial score (nSPS) is 22.0. The molecule has 10 heteroatoms. The summed E-state index contributed by atoms with van der Waals surface area (Å²) in [5, 5.41) is 4.27. The predicted molar refractivity (Wildman–Crippen MR) is 95.8 cm³/mol. The van der Waals surface area contributed by atoms with Crippen LogP contribution in [0.4, 0.5) is 4.79 Å². The number of esters is 1. The fourth-order valence-electron chi connectivity index (χ4n) is 3.30. The number of carbonyl (C=O) groups excluding carboxylic acids is 2. The Balaban J connectivity index is 2.09. The largest absolute Gasteiger partial charge is 0.463 e. The summed E-state index contributed by atoms with van der Waals surface area (Å²) in [7, 11) is 0. The quantitative estimate of drug-likeness (QED) is 0.687. The summed E-state index contributed by atoms with van der Waals surface area (Å²) in [6, 6.07) is -0.103. The Labute approximate surface area is 154 Å². The van der Waals surface area contributed by atoms with E-state index in [-0.39, 0.29) is 22.7 Å². The minimum Gasteiger partial charge on any atom is -0.463 e. The number of fused-ring (bicyclic) bond motifs is 3. The van der Waals surface area contributed by atoms with Crippen molar-refractivity contribution in [3.05, 3.63) is 19.7 Å². The molecule has 2 amide bonds. The Morgan fingerprint density at radius 1 is 1.23 bits per heavy atom. The fraction of sp³-hybridized carbons (Fsp3) is 0.625. The molecule has 3 rings (SSSR count). The van der Waals surface area contributed by atoms with Crippen LogP contribution in [0.25, 0.3) is 6.08 Å². The van der Waals surface area contributed by atoms with Crippen molar-refractivity contribution in [1.82, 2.24) is 19.8 Å². The Morgan fingerprint density at radius 3 is 2.58 bits per heavy atom. The number of hydrogen-bond donors (Lipinski definition) is 1. The van der Waals surface area contributed by atoms with Gasteiger partial charge in [-0.1, -0.05) is 25.2 Å². The van der Waals surface area contributed by atoms with E-state index in [4.69, 9.17) is 4.74 Å². The molecule has 2 aliphatic rings. The first-order valence-corrected chi connectivity index (χ1v) is 9.65. The fourth-order valence-corrected chi connectivity index (χ4v) is 4.23. The van der Waals surface area contributed by atoms with E-state index in [9.17, 15) is 14.4 Å². The zero-order chi connectivity index (χ0) is 18.8. The third-order valence-electron chi connectivity index (χ3n) is 4.29. The van der Waals surface area contributed by atoms with Gasteiger partial charge < -0.3 is 4.74 Å². The molecule has 3 heterocycles. The van der Waals surface area contributed by atoms with Gasteiger partial charge in [0.1, 0.15) is 4.53 Å². The molecule has 2 unspecified atom stereocenters. The number of thiazole rings is 1. The van der Waals surface area contributed by atoms with E-state index < -0.39 is 18.3 Å². The average Bonchev–Trinajstić information content (AvgIpc) is 3.05. The van der Waals surface area contributed by atoms with Gasteiger partial charge in [-0.3, -0.25) is 24.6 Å². The maximum Gasteiger partial charge on any atom is 0.332 e. The first kappa shape index (κ1) is 18.4. The van der Waals surface area contributed by atoms with Crippen molar-refractivity contribution in [3.63, 3.8) is 0 Å². The predicted octanol–water partition coefficient (Wildman–Crippen LogP) is -0.226. The highest BCUT2D eigenvalue weighted by atomic mass is 32.1. The molecule has 0 aromatic carbocycles. The number of ether oxygens (including phenoxy) is 1. The van der Waals surface area contributed by atoms with E-state index in [0.29, 0.717) is 17.9 Å². The van der Waals surface area contributed by atoms with Crippen LogP contribution in [0.3, 0.4) is 0 Å². The molecule has 1 N–H and O–H groups in total. The smallest absolute Gasteiger partial charge is 0.332 e. The van der Waals surface area contributed by atoms with Crippen LogP contribution in [-0.4, -0.2) is 52.2 Å². The molecular formula is C16H23N5O4S. The molecular weight excluding hydrogens is 358 g/mol. The van der Waals surface area contributed by atoms with Crippen molar-refractivity contribution >= 4 is 29.4 Å². The van der Waals surface area contributed by atoms with Gasteiger partial charge in [0, 0.05) is 19.2 Å². The second-order valence-electron chi connectivity index (χ2n) is 6.09. The van der Waals surface area contributed by atoms with Gasteiger partial charge >= 0.3 is 12.0 Å². The maximum absolute atomic E-state index is 12.9. The third kappa shape index (κ3) is 2.98. The van der Waals surface area contributed by atoms with Crippen LogP contribution in [0.5, 0.6) is 0 Å². The lowest BCUT2D eigenvalue weighted by Crippen LogP contribution is -2.53. The molecule has 1 fully saturated rings. The Kier molecular flexibility index (Phi) is 5.30. The Hall–Kier alpha value is -2.36. The highest BCUT2D eigenvalue weighted by molar-refractivity contribution is 7.07. The molecule has 1 saturated heterocycles. The number of nitrogens with one attached hydrogen (secondary N) is 1. The number of rotatable bonds is 6. The average molecular weight is 381 g/mol. The second kappa shape index (κ2) is 7.48. The molecule has 0 radical (unpaired) electrons. The molecule has 0 bridgehead atoms. The molecule has 26 heavy (non-hydrogen) atoms. The summed E-state index contributed by atoms with van der Waals surface area (Å²) in [5.41, 5.74) is 2.69. The van der Waals surface area contributed by atoms with Crippen LogP contribution >= 0.6 is 11.3 Å². The lowest BCUT2D eigenvalue weighted by Gasteiger charge is -2.30. The van der Waals surface area contributed by atoms with E-state index >= 15 is 0 Å². The standard InChI is InChI=1S/C16H23N5O4S/c1-4-7-19-12-13(20(8-5-2)16(19)24)21-14(23)10(9-11(22)25-6-3)26-15(21)18-17-12/h9,12-13,17H,4-8H2,1-3H3/b10-9-. The van der Waals surface area contributed by atoms with Gasteiger partial charge in [-0.05, 0) is 19.8 Å². The SMILES string of the molecule is CCCN1C(=O)N(CCC)C2C1NN=c1s/c(=C\C(=O)OCC)c(=O)n12. The molecule has 142 valence electrons. The molecule has 2 atom stereocenters. The summed E-state index contributed by atoms with van der Waals surface area (Å²) in [6.45, 7) is 7.06. The number of hydrogen-bond acceptors (Lipinski definition) is 7. The zero-order valence-corrected chi connectivity index (χ0v) is 15.9. The number of aromatic nitrogens is 1. The zero-order valence-electron chi connectivity index (χ0n) is 15.1. The van der Waals surface area contributed by atoms with Crippen LogP contribution in [0.15, 0.2) is 9.90 Å². The Bertz CT molecular complexity index is 876. The molecule has 1 aromatic rings. The van der Waals surface area contributed by atoms with E-state index in [2.05, 4.69) is 10.5 Å². The summed E-state index contributed by atoms with van der Waals surface area (Å²) in [4.78, 5) is 41.3. The summed E-state index contributed by atoms with van der Waals surface area (Å²) in [5.74, 6) is -0.561. The van der Waals surface area contributed by atoms with Crippen molar-refractivity contribution in [3.8, 4) is 0 Å². The van der Waals surface area contributed by atoms with Crippen molar-refractivity contribution < 1.29 is 14.3 Å². The van der Waals surface area contributed by atoms with Crippen molar-refractivity contribution in [2.75, 3.05) is 19.7 Å². The topological polar surface area (TPSA) is 96.2 Å². The minimum absolute atomic E-state index is 0.103. The number of urea groups is 1. The molecule has 0 spiro atoms. The van der Waals surface area contributed by atoms with Crippen LogP contribution in [0.1, 0.15) is 39.8 Å². The van der Waals surface area contributed by atoms with Crippen molar-refractivity contribution in [2.45, 2.75) is 45.9 Å². The number of carbonyl (C=O) groups is 2. The van der Waals surface area contributed by atoms with Gasteiger partial charge in [-0.2, -0.15) is 0 Å². The first-order chi connectivity index (χ1) is 12.5. The van der Waals surface area contributed by atoms with E-state index in [0.717, 1.165) is 24.2 Å². The van der Waals surface area contributed by atoms with Crippen molar-refractivity contribution in [2.24, 2.45) is 5.10 Å². The van der Waals surface area contributed by atoms with Crippen LogP contribution < -0.4 is 20.3 Å². The minimum atomic E-state index is -0.561. The lowest BCUT2D eigenvalue weighted by atomic mass is 10.3. The molecule has 9 nitrogen and oxygen atoms in total. The lowest BCUT2D eigenvalue weighted by molar-refractivity contribution is -0.135. The van der Waals surface area contributed by atoms with Crippen LogP contribution in [0.2, 0.25) is 0 Å². The van der Waals surface area contributed by atoms with Gasteiger partial charge in [-0.25, -0.2) is 9.59 Å². The van der Waals surface area contributed by atoms with Gasteiger partial charge in [-0.15, -0.1) is 5.10 Å². The molecule has 0 saturated carbocycles. The maximum atomic E-state index is 12.9. The molecule has 0 aliphatic carbocycles. The van der Waals surface area contributed by atoms with E-state index in [1.54, 1.807) is 16.7 Å². The molecule has 2 aliphatic heterocycles. The highest BCUT2D eigenvalue weighted by Crippen LogP contribution is 2.29. The van der Waals surface area contributed by atoms with Crippen molar-refractivity contribution in [1.29, 1.82) is 0 Å². The number of amides is 2. The summed E-state index contributed by atoms with van der Waals surface area (Å²) < 4.78 is 6.66. The van der Waals surface area contributed by atoms with Gasteiger partial charge in [0.15, 0.2) is 12.3 Å². The summed E-state index contributed by atoms with van der Waals surface area (Å²) >= 11 is 1.11. The van der Waals surface area contributed by atoms with E-state index in [1.165, 1.54) is 10.6 Å². The highest BCUT2D eigenvalue weighted by Gasteiger charge is 2.48.